The Labute approximate surface area is 119 Å². The van der Waals surface area contributed by atoms with Gasteiger partial charge in [-0.3, -0.25) is 9.88 Å². The highest BCUT2D eigenvalue weighted by molar-refractivity contribution is 7.80. The molecule has 0 saturated heterocycles. The maximum absolute atomic E-state index is 5.64. The first kappa shape index (κ1) is 13.9. The van der Waals surface area contributed by atoms with Crippen LogP contribution in [0.2, 0.25) is 0 Å². The van der Waals surface area contributed by atoms with Gasteiger partial charge in [0.1, 0.15) is 0 Å². The van der Waals surface area contributed by atoms with Crippen LogP contribution in [0.3, 0.4) is 0 Å². The van der Waals surface area contributed by atoms with Gasteiger partial charge in [-0.25, -0.2) is 0 Å². The normalized spacial score (nSPS) is 11.1. The summed E-state index contributed by atoms with van der Waals surface area (Å²) in [4.78, 5) is 7.45. The summed E-state index contributed by atoms with van der Waals surface area (Å²) in [6, 6.07) is 12.3. The summed E-state index contributed by atoms with van der Waals surface area (Å²) in [7, 11) is 0. The summed E-state index contributed by atoms with van der Waals surface area (Å²) in [5.41, 5.74) is 7.73. The predicted octanol–water partition coefficient (Wildman–Crippen LogP) is 2.73. The second kappa shape index (κ2) is 6.59. The van der Waals surface area contributed by atoms with Gasteiger partial charge in [0.25, 0.3) is 0 Å². The van der Waals surface area contributed by atoms with Crippen molar-refractivity contribution in [3.63, 3.8) is 0 Å². The monoisotopic (exact) mass is 273 g/mol. The average Bonchev–Trinajstić information content (AvgIpc) is 2.38. The van der Waals surface area contributed by atoms with Crippen molar-refractivity contribution in [1.29, 1.82) is 0 Å². The SMILES string of the molecule is CCCN(CC(N)=S)Cc1ccc2ccccc2n1. The number of fused-ring (bicyclic) bond motifs is 1. The van der Waals surface area contributed by atoms with E-state index in [1.807, 2.05) is 18.2 Å². The standard InChI is InChI=1S/C15H19N3S/c1-2-9-18(11-15(16)19)10-13-8-7-12-5-3-4-6-14(12)17-13/h3-8H,2,9-11H2,1H3,(H2,16,19). The lowest BCUT2D eigenvalue weighted by atomic mass is 10.2. The summed E-state index contributed by atoms with van der Waals surface area (Å²) in [6.07, 6.45) is 1.08. The Morgan fingerprint density at radius 1 is 1.26 bits per heavy atom. The van der Waals surface area contributed by atoms with Crippen LogP contribution in [0.4, 0.5) is 0 Å². The van der Waals surface area contributed by atoms with Gasteiger partial charge in [-0.15, -0.1) is 0 Å². The number of nitrogens with zero attached hydrogens (tertiary/aromatic N) is 2. The zero-order chi connectivity index (χ0) is 13.7. The van der Waals surface area contributed by atoms with E-state index in [4.69, 9.17) is 18.0 Å². The van der Waals surface area contributed by atoms with Gasteiger partial charge < -0.3 is 5.73 Å². The molecule has 2 aromatic rings. The number of aromatic nitrogens is 1. The largest absolute Gasteiger partial charge is 0.392 e. The molecule has 1 aromatic heterocycles. The van der Waals surface area contributed by atoms with Crippen molar-refractivity contribution in [2.24, 2.45) is 5.73 Å². The van der Waals surface area contributed by atoms with Crippen LogP contribution in [0.1, 0.15) is 19.0 Å². The van der Waals surface area contributed by atoms with Crippen LogP contribution in [0.5, 0.6) is 0 Å². The number of para-hydroxylation sites is 1. The first-order valence-electron chi connectivity index (χ1n) is 6.54. The zero-order valence-electron chi connectivity index (χ0n) is 11.2. The highest BCUT2D eigenvalue weighted by atomic mass is 32.1. The Hall–Kier alpha value is -1.52. The maximum atomic E-state index is 5.64. The Bertz CT molecular complexity index is 568. The van der Waals surface area contributed by atoms with E-state index in [2.05, 4.69) is 35.0 Å². The molecule has 0 saturated carbocycles. The van der Waals surface area contributed by atoms with Gasteiger partial charge in [0.05, 0.1) is 16.2 Å². The second-order valence-electron chi connectivity index (χ2n) is 4.67. The minimum atomic E-state index is 0.536. The molecule has 0 atom stereocenters. The van der Waals surface area contributed by atoms with E-state index in [1.54, 1.807) is 0 Å². The van der Waals surface area contributed by atoms with Crippen LogP contribution in [0.25, 0.3) is 10.9 Å². The minimum absolute atomic E-state index is 0.536. The Morgan fingerprint density at radius 2 is 2.05 bits per heavy atom. The van der Waals surface area contributed by atoms with Gasteiger partial charge >= 0.3 is 0 Å². The molecule has 100 valence electrons. The Balaban J connectivity index is 2.16. The van der Waals surface area contributed by atoms with Crippen molar-refractivity contribution in [3.8, 4) is 0 Å². The Kier molecular flexibility index (Phi) is 4.82. The average molecular weight is 273 g/mol. The van der Waals surface area contributed by atoms with Gasteiger partial charge in [0.15, 0.2) is 0 Å². The molecule has 0 fully saturated rings. The van der Waals surface area contributed by atoms with Crippen LogP contribution < -0.4 is 5.73 Å². The van der Waals surface area contributed by atoms with Gasteiger partial charge in [-0.1, -0.05) is 43.4 Å². The molecule has 1 aromatic carbocycles. The predicted molar refractivity (Wildman–Crippen MR) is 84.1 cm³/mol. The number of rotatable bonds is 6. The van der Waals surface area contributed by atoms with Crippen molar-refractivity contribution in [2.75, 3.05) is 13.1 Å². The molecular weight excluding hydrogens is 254 g/mol. The first-order chi connectivity index (χ1) is 9.19. The third kappa shape index (κ3) is 3.98. The quantitative estimate of drug-likeness (QED) is 0.822. The minimum Gasteiger partial charge on any atom is -0.392 e. The number of nitrogens with two attached hydrogens (primary N) is 1. The van der Waals surface area contributed by atoms with E-state index in [1.165, 1.54) is 5.39 Å². The zero-order valence-corrected chi connectivity index (χ0v) is 12.0. The maximum Gasteiger partial charge on any atom is 0.0870 e. The van der Waals surface area contributed by atoms with Crippen molar-refractivity contribution in [2.45, 2.75) is 19.9 Å². The molecule has 0 amide bonds. The first-order valence-corrected chi connectivity index (χ1v) is 6.95. The molecule has 0 bridgehead atoms. The fourth-order valence-corrected chi connectivity index (χ4v) is 2.36. The van der Waals surface area contributed by atoms with Crippen molar-refractivity contribution < 1.29 is 0 Å². The van der Waals surface area contributed by atoms with E-state index in [0.29, 0.717) is 11.5 Å². The molecule has 0 unspecified atom stereocenters. The topological polar surface area (TPSA) is 42.1 Å². The van der Waals surface area contributed by atoms with Crippen LogP contribution in [0, 0.1) is 0 Å². The lowest BCUT2D eigenvalue weighted by Gasteiger charge is -2.20. The summed E-state index contributed by atoms with van der Waals surface area (Å²) >= 11 is 4.99. The molecule has 19 heavy (non-hydrogen) atoms. The van der Waals surface area contributed by atoms with E-state index in [-0.39, 0.29) is 0 Å². The summed E-state index contributed by atoms with van der Waals surface area (Å²) in [5.74, 6) is 0. The molecular formula is C15H19N3S. The lowest BCUT2D eigenvalue weighted by Crippen LogP contribution is -2.33. The van der Waals surface area contributed by atoms with Gasteiger partial charge in [-0.2, -0.15) is 0 Å². The van der Waals surface area contributed by atoms with Gasteiger partial charge in [-0.05, 0) is 25.1 Å². The molecule has 0 aliphatic heterocycles. The molecule has 0 spiro atoms. The molecule has 0 aliphatic rings. The van der Waals surface area contributed by atoms with E-state index < -0.39 is 0 Å². The number of hydrogen-bond donors (Lipinski definition) is 1. The van der Waals surface area contributed by atoms with Crippen molar-refractivity contribution >= 4 is 28.1 Å². The molecule has 0 aliphatic carbocycles. The summed E-state index contributed by atoms with van der Waals surface area (Å²) in [6.45, 7) is 4.57. The highest BCUT2D eigenvalue weighted by Crippen LogP contribution is 2.13. The number of pyridine rings is 1. The van der Waals surface area contributed by atoms with E-state index in [9.17, 15) is 0 Å². The molecule has 1 heterocycles. The fraction of sp³-hybridized carbons (Fsp3) is 0.333. The van der Waals surface area contributed by atoms with Crippen LogP contribution in [-0.2, 0) is 6.54 Å². The van der Waals surface area contributed by atoms with Crippen molar-refractivity contribution in [1.82, 2.24) is 9.88 Å². The molecule has 2 N–H and O–H groups in total. The second-order valence-corrected chi connectivity index (χ2v) is 5.20. The van der Waals surface area contributed by atoms with Crippen LogP contribution in [-0.4, -0.2) is 28.0 Å². The van der Waals surface area contributed by atoms with E-state index >= 15 is 0 Å². The Morgan fingerprint density at radius 3 is 2.79 bits per heavy atom. The number of thiocarbonyl (C=S) groups is 1. The number of hydrogen-bond acceptors (Lipinski definition) is 3. The molecule has 4 heteroatoms. The molecule has 0 radical (unpaired) electrons. The molecule has 2 rings (SSSR count). The van der Waals surface area contributed by atoms with Gasteiger partial charge in [0.2, 0.25) is 0 Å². The lowest BCUT2D eigenvalue weighted by molar-refractivity contribution is 0.301. The molecule has 3 nitrogen and oxygen atoms in total. The van der Waals surface area contributed by atoms with Crippen molar-refractivity contribution in [3.05, 3.63) is 42.1 Å². The number of benzene rings is 1. The third-order valence-electron chi connectivity index (χ3n) is 2.96. The van der Waals surface area contributed by atoms with Crippen LogP contribution in [0.15, 0.2) is 36.4 Å². The smallest absolute Gasteiger partial charge is 0.0870 e. The summed E-state index contributed by atoms with van der Waals surface area (Å²) in [5, 5.41) is 1.17. The summed E-state index contributed by atoms with van der Waals surface area (Å²) < 4.78 is 0. The van der Waals surface area contributed by atoms with Crippen LogP contribution >= 0.6 is 12.2 Å². The van der Waals surface area contributed by atoms with E-state index in [0.717, 1.165) is 30.7 Å². The highest BCUT2D eigenvalue weighted by Gasteiger charge is 2.07. The van der Waals surface area contributed by atoms with Gasteiger partial charge in [0, 0.05) is 18.5 Å². The fourth-order valence-electron chi connectivity index (χ4n) is 2.18. The third-order valence-corrected chi connectivity index (χ3v) is 3.09.